The van der Waals surface area contributed by atoms with E-state index in [0.29, 0.717) is 40.9 Å². The van der Waals surface area contributed by atoms with Crippen LogP contribution in [0.1, 0.15) is 29.7 Å². The van der Waals surface area contributed by atoms with Crippen LogP contribution in [0.2, 0.25) is 0 Å². The molecule has 2 aliphatic rings. The number of hydrogen-bond donors (Lipinski definition) is 1. The van der Waals surface area contributed by atoms with Gasteiger partial charge in [-0.05, 0) is 47.9 Å². The van der Waals surface area contributed by atoms with Gasteiger partial charge in [0.2, 0.25) is 6.79 Å². The maximum Gasteiger partial charge on any atom is 0.341 e. The van der Waals surface area contributed by atoms with Gasteiger partial charge < -0.3 is 29.0 Å². The molecule has 0 spiro atoms. The van der Waals surface area contributed by atoms with Crippen molar-refractivity contribution in [3.63, 3.8) is 0 Å². The molecule has 37 heavy (non-hydrogen) atoms. The standard InChI is InChI=1S/C28H26N2O7/c1-17-25(27(31)35-15-19-8-10-22-24(12-19)37-16-36-22)26(30-28(32)29-17)20-9-11-21(23(13-20)33-2)34-14-18-6-4-3-5-7-18/h3-13,25-26H,14-16H2,1-2H3,(H,30,32). The van der Waals surface area contributed by atoms with Gasteiger partial charge in [-0.25, -0.2) is 9.79 Å². The molecule has 9 heteroatoms. The number of esters is 1. The molecule has 5 rings (SSSR count). The van der Waals surface area contributed by atoms with Crippen molar-refractivity contribution in [3.05, 3.63) is 83.4 Å². The second kappa shape index (κ2) is 10.6. The predicted molar refractivity (Wildman–Crippen MR) is 134 cm³/mol. The summed E-state index contributed by atoms with van der Waals surface area (Å²) >= 11 is 0. The molecule has 0 bridgehead atoms. The summed E-state index contributed by atoms with van der Waals surface area (Å²) in [7, 11) is 1.54. The molecule has 9 nitrogen and oxygen atoms in total. The normalized spacial score (nSPS) is 18.0. The summed E-state index contributed by atoms with van der Waals surface area (Å²) in [6.07, 6.45) is 0. The third-order valence-electron chi connectivity index (χ3n) is 6.20. The lowest BCUT2D eigenvalue weighted by Crippen LogP contribution is -2.44. The summed E-state index contributed by atoms with van der Waals surface area (Å²) in [5.41, 5.74) is 2.81. The fraction of sp³-hybridized carbons (Fsp3) is 0.250. The van der Waals surface area contributed by atoms with Gasteiger partial charge in [0.25, 0.3) is 0 Å². The first-order valence-electron chi connectivity index (χ1n) is 11.8. The summed E-state index contributed by atoms with van der Waals surface area (Å²) in [4.78, 5) is 29.4. The van der Waals surface area contributed by atoms with Gasteiger partial charge in [0, 0.05) is 5.71 Å². The smallest absolute Gasteiger partial charge is 0.341 e. The van der Waals surface area contributed by atoms with Crippen LogP contribution in [-0.4, -0.2) is 31.6 Å². The number of ether oxygens (including phenoxy) is 5. The van der Waals surface area contributed by atoms with E-state index in [1.54, 1.807) is 43.3 Å². The molecule has 2 unspecified atom stereocenters. The molecule has 3 aromatic rings. The second-order valence-electron chi connectivity index (χ2n) is 8.64. The Kier molecular flexibility index (Phi) is 6.93. The highest BCUT2D eigenvalue weighted by atomic mass is 16.7. The first-order valence-corrected chi connectivity index (χ1v) is 11.8. The van der Waals surface area contributed by atoms with Crippen LogP contribution < -0.4 is 24.3 Å². The van der Waals surface area contributed by atoms with Gasteiger partial charge in [-0.1, -0.05) is 42.5 Å². The van der Waals surface area contributed by atoms with Gasteiger partial charge in [0.15, 0.2) is 23.0 Å². The Bertz CT molecular complexity index is 1340. The number of urea groups is 1. The van der Waals surface area contributed by atoms with E-state index in [4.69, 9.17) is 23.7 Å². The number of carbonyl (C=O) groups excluding carboxylic acids is 2. The average molecular weight is 503 g/mol. The number of methoxy groups -OCH3 is 1. The van der Waals surface area contributed by atoms with Gasteiger partial charge in [-0.15, -0.1) is 0 Å². The number of nitrogens with one attached hydrogen (secondary N) is 1. The predicted octanol–water partition coefficient (Wildman–Crippen LogP) is 4.59. The van der Waals surface area contributed by atoms with E-state index in [-0.39, 0.29) is 13.4 Å². The highest BCUT2D eigenvalue weighted by molar-refractivity contribution is 6.08. The fourth-order valence-corrected chi connectivity index (χ4v) is 4.31. The van der Waals surface area contributed by atoms with E-state index in [0.717, 1.165) is 11.1 Å². The van der Waals surface area contributed by atoms with E-state index in [2.05, 4.69) is 10.3 Å². The van der Waals surface area contributed by atoms with Crippen molar-refractivity contribution in [2.75, 3.05) is 13.9 Å². The Morgan fingerprint density at radius 1 is 0.973 bits per heavy atom. The summed E-state index contributed by atoms with van der Waals surface area (Å²) in [5, 5.41) is 2.79. The number of fused-ring (bicyclic) bond motifs is 1. The Labute approximate surface area is 214 Å². The highest BCUT2D eigenvalue weighted by Crippen LogP contribution is 2.36. The van der Waals surface area contributed by atoms with Crippen LogP contribution in [0.5, 0.6) is 23.0 Å². The lowest BCUT2D eigenvalue weighted by atomic mass is 9.88. The van der Waals surface area contributed by atoms with Crippen LogP contribution in [0.3, 0.4) is 0 Å². The lowest BCUT2D eigenvalue weighted by Gasteiger charge is -2.30. The zero-order valence-corrected chi connectivity index (χ0v) is 20.4. The quantitative estimate of drug-likeness (QED) is 0.449. The fourth-order valence-electron chi connectivity index (χ4n) is 4.31. The molecular formula is C28H26N2O7. The van der Waals surface area contributed by atoms with Crippen LogP contribution in [0.4, 0.5) is 4.79 Å². The molecule has 0 saturated heterocycles. The van der Waals surface area contributed by atoms with Gasteiger partial charge in [-0.2, -0.15) is 0 Å². The third kappa shape index (κ3) is 5.35. The van der Waals surface area contributed by atoms with E-state index < -0.39 is 24.0 Å². The summed E-state index contributed by atoms with van der Waals surface area (Å²) in [6.45, 7) is 2.22. The second-order valence-corrected chi connectivity index (χ2v) is 8.64. The van der Waals surface area contributed by atoms with E-state index >= 15 is 0 Å². The molecule has 0 saturated carbocycles. The minimum absolute atomic E-state index is 0.0372. The van der Waals surface area contributed by atoms with E-state index in [1.165, 1.54) is 7.11 Å². The molecule has 3 aromatic carbocycles. The Morgan fingerprint density at radius 2 is 1.78 bits per heavy atom. The number of carbonyl (C=O) groups is 2. The molecular weight excluding hydrogens is 476 g/mol. The number of nitrogens with zero attached hydrogens (tertiary/aromatic N) is 1. The number of rotatable bonds is 8. The van der Waals surface area contributed by atoms with Crippen molar-refractivity contribution in [3.8, 4) is 23.0 Å². The first kappa shape index (κ1) is 24.2. The molecule has 0 aliphatic carbocycles. The Balaban J connectivity index is 1.33. The lowest BCUT2D eigenvalue weighted by molar-refractivity contribution is -0.148. The molecule has 1 N–H and O–H groups in total. The van der Waals surface area contributed by atoms with Crippen LogP contribution >= 0.6 is 0 Å². The largest absolute Gasteiger partial charge is 0.493 e. The van der Waals surface area contributed by atoms with Crippen LogP contribution in [0.25, 0.3) is 0 Å². The van der Waals surface area contributed by atoms with Crippen molar-refractivity contribution in [1.29, 1.82) is 0 Å². The number of amides is 2. The Morgan fingerprint density at radius 3 is 2.59 bits per heavy atom. The molecule has 2 aliphatic heterocycles. The molecule has 2 atom stereocenters. The SMILES string of the molecule is COc1cc(C2NC(=O)N=C(C)C2C(=O)OCc2ccc3c(c2)OCO3)ccc1OCc1ccccc1. The number of hydrogen-bond acceptors (Lipinski definition) is 7. The number of aliphatic imine (C=N–C) groups is 1. The van der Waals surface area contributed by atoms with Crippen molar-refractivity contribution in [2.24, 2.45) is 10.9 Å². The minimum Gasteiger partial charge on any atom is -0.493 e. The van der Waals surface area contributed by atoms with Crippen molar-refractivity contribution in [1.82, 2.24) is 5.32 Å². The van der Waals surface area contributed by atoms with Crippen LogP contribution in [0, 0.1) is 5.92 Å². The van der Waals surface area contributed by atoms with Gasteiger partial charge >= 0.3 is 12.0 Å². The first-order chi connectivity index (χ1) is 18.0. The minimum atomic E-state index is -0.812. The molecule has 0 aromatic heterocycles. The molecule has 2 heterocycles. The molecule has 0 radical (unpaired) electrons. The maximum atomic E-state index is 13.2. The van der Waals surface area contributed by atoms with E-state index in [1.807, 2.05) is 30.3 Å². The van der Waals surface area contributed by atoms with Crippen LogP contribution in [-0.2, 0) is 22.7 Å². The topological polar surface area (TPSA) is 105 Å². The zero-order chi connectivity index (χ0) is 25.8. The van der Waals surface area contributed by atoms with Crippen molar-refractivity contribution < 1.29 is 33.3 Å². The Hall–Kier alpha value is -4.53. The van der Waals surface area contributed by atoms with Gasteiger partial charge in [0.1, 0.15) is 19.1 Å². The number of benzene rings is 3. The van der Waals surface area contributed by atoms with Crippen molar-refractivity contribution >= 4 is 17.7 Å². The zero-order valence-electron chi connectivity index (χ0n) is 20.4. The summed E-state index contributed by atoms with van der Waals surface area (Å²) in [5.74, 6) is 0.966. The average Bonchev–Trinajstić information content (AvgIpc) is 3.38. The maximum absolute atomic E-state index is 13.2. The van der Waals surface area contributed by atoms with Crippen LogP contribution in [0.15, 0.2) is 71.7 Å². The van der Waals surface area contributed by atoms with E-state index in [9.17, 15) is 9.59 Å². The molecule has 190 valence electrons. The highest BCUT2D eigenvalue weighted by Gasteiger charge is 2.38. The monoisotopic (exact) mass is 502 g/mol. The summed E-state index contributed by atoms with van der Waals surface area (Å²) < 4.78 is 27.8. The van der Waals surface area contributed by atoms with Gasteiger partial charge in [0.05, 0.1) is 13.2 Å². The summed E-state index contributed by atoms with van der Waals surface area (Å²) in [6, 6.07) is 19.2. The van der Waals surface area contributed by atoms with Crippen molar-refractivity contribution in [2.45, 2.75) is 26.2 Å². The van der Waals surface area contributed by atoms with Gasteiger partial charge in [-0.3, -0.25) is 4.79 Å². The third-order valence-corrected chi connectivity index (χ3v) is 6.20. The molecule has 0 fully saturated rings. The molecule has 2 amide bonds.